The third kappa shape index (κ3) is 12.0. The number of nitrogens with two attached hydrogens (primary N) is 3. The zero-order valence-corrected chi connectivity index (χ0v) is 19.1. The highest BCUT2D eigenvalue weighted by Crippen LogP contribution is 2.04. The summed E-state index contributed by atoms with van der Waals surface area (Å²) >= 11 is 0. The molecule has 0 fully saturated rings. The van der Waals surface area contributed by atoms with E-state index >= 15 is 0 Å². The summed E-state index contributed by atoms with van der Waals surface area (Å²) in [6, 6.07) is 5.31. The van der Waals surface area contributed by atoms with Crippen molar-refractivity contribution in [1.29, 1.82) is 5.41 Å². The van der Waals surface area contributed by atoms with Gasteiger partial charge in [-0.2, -0.15) is 0 Å². The summed E-state index contributed by atoms with van der Waals surface area (Å²) in [6.45, 7) is -0.462. The average molecular weight is 493 g/mol. The van der Waals surface area contributed by atoms with Crippen LogP contribution in [-0.4, -0.2) is 71.9 Å². The number of carboxylic acid groups (broad SMARTS) is 1. The molecule has 4 amide bonds. The van der Waals surface area contributed by atoms with Crippen LogP contribution < -0.4 is 38.5 Å². The molecule has 14 nitrogen and oxygen atoms in total. The van der Waals surface area contributed by atoms with Gasteiger partial charge in [-0.1, -0.05) is 30.3 Å². The van der Waals surface area contributed by atoms with E-state index in [-0.39, 0.29) is 31.8 Å². The summed E-state index contributed by atoms with van der Waals surface area (Å²) in [6.07, 6.45) is -0.0476. The molecule has 192 valence electrons. The van der Waals surface area contributed by atoms with Crippen molar-refractivity contribution in [2.75, 3.05) is 13.1 Å². The monoisotopic (exact) mass is 492 g/mol. The van der Waals surface area contributed by atoms with Crippen molar-refractivity contribution < 1.29 is 29.1 Å². The van der Waals surface area contributed by atoms with E-state index in [1.165, 1.54) is 0 Å². The molecule has 0 heterocycles. The van der Waals surface area contributed by atoms with Crippen LogP contribution >= 0.6 is 0 Å². The number of hydrogen-bond donors (Lipinski definition) is 9. The van der Waals surface area contributed by atoms with E-state index in [0.717, 1.165) is 5.56 Å². The summed E-state index contributed by atoms with van der Waals surface area (Å²) in [5, 5.41) is 25.4. The van der Waals surface area contributed by atoms with Crippen molar-refractivity contribution in [3.63, 3.8) is 0 Å². The number of benzene rings is 1. The van der Waals surface area contributed by atoms with Gasteiger partial charge in [0.2, 0.25) is 23.6 Å². The summed E-state index contributed by atoms with van der Waals surface area (Å²) < 4.78 is 0. The number of nitrogens with one attached hydrogen (secondary N) is 5. The molecule has 0 aromatic heterocycles. The molecule has 1 aromatic carbocycles. The second-order valence-electron chi connectivity index (χ2n) is 7.68. The molecule has 12 N–H and O–H groups in total. The van der Waals surface area contributed by atoms with Crippen molar-refractivity contribution in [3.05, 3.63) is 35.9 Å². The van der Waals surface area contributed by atoms with E-state index in [2.05, 4.69) is 21.3 Å². The average Bonchev–Trinajstić information content (AvgIpc) is 2.78. The standard InChI is InChI=1S/C21H32N8O6/c22-13(9-12-5-2-1-3-6-12)18(33)29-15(10-16(23)30)20(35)28-14(7-4-8-26-21(24)25)19(34)27-11-17(31)32/h1-3,5-6,13-15H,4,7-11,22H2,(H2,23,30)(H,27,34)(H,28,35)(H,29,33)(H,31,32)(H4,24,25,26)/t13-,14-,15-/m0/s1. The maximum absolute atomic E-state index is 12.8. The molecular formula is C21H32N8O6. The normalized spacial score (nSPS) is 12.9. The van der Waals surface area contributed by atoms with Gasteiger partial charge in [-0.3, -0.25) is 29.4 Å². The lowest BCUT2D eigenvalue weighted by Crippen LogP contribution is -2.57. The highest BCUT2D eigenvalue weighted by Gasteiger charge is 2.29. The Kier molecular flexibility index (Phi) is 12.2. The van der Waals surface area contributed by atoms with Crippen LogP contribution in [-0.2, 0) is 30.4 Å². The van der Waals surface area contributed by atoms with Gasteiger partial charge >= 0.3 is 5.97 Å². The molecule has 35 heavy (non-hydrogen) atoms. The molecule has 0 aliphatic heterocycles. The van der Waals surface area contributed by atoms with E-state index in [1.807, 2.05) is 6.07 Å². The number of primary amides is 1. The van der Waals surface area contributed by atoms with Gasteiger partial charge in [0.05, 0.1) is 12.5 Å². The molecule has 0 saturated carbocycles. The number of hydrogen-bond acceptors (Lipinski definition) is 7. The second kappa shape index (κ2) is 14.8. The Bertz CT molecular complexity index is 910. The Labute approximate surface area is 201 Å². The minimum Gasteiger partial charge on any atom is -0.480 e. The van der Waals surface area contributed by atoms with Gasteiger partial charge in [0.25, 0.3) is 0 Å². The predicted molar refractivity (Wildman–Crippen MR) is 126 cm³/mol. The van der Waals surface area contributed by atoms with Crippen molar-refractivity contribution in [2.24, 2.45) is 17.2 Å². The molecule has 0 spiro atoms. The fourth-order valence-corrected chi connectivity index (χ4v) is 3.01. The predicted octanol–water partition coefficient (Wildman–Crippen LogP) is -3.13. The van der Waals surface area contributed by atoms with Crippen LogP contribution in [0.3, 0.4) is 0 Å². The zero-order chi connectivity index (χ0) is 26.4. The van der Waals surface area contributed by atoms with Crippen LogP contribution in [0, 0.1) is 5.41 Å². The van der Waals surface area contributed by atoms with Crippen LogP contribution in [0.15, 0.2) is 30.3 Å². The number of carboxylic acids is 1. The number of aliphatic carboxylic acids is 1. The second-order valence-corrected chi connectivity index (χ2v) is 7.68. The molecular weight excluding hydrogens is 460 g/mol. The summed E-state index contributed by atoms with van der Waals surface area (Å²) in [7, 11) is 0. The van der Waals surface area contributed by atoms with Crippen molar-refractivity contribution in [2.45, 2.75) is 43.8 Å². The minimum absolute atomic E-state index is 0.0439. The van der Waals surface area contributed by atoms with Crippen LogP contribution in [0.2, 0.25) is 0 Å². The topological polar surface area (TPSA) is 256 Å². The summed E-state index contributed by atoms with van der Waals surface area (Å²) in [4.78, 5) is 60.1. The third-order valence-corrected chi connectivity index (χ3v) is 4.71. The summed E-state index contributed by atoms with van der Waals surface area (Å²) in [5.41, 5.74) is 17.1. The maximum atomic E-state index is 12.8. The van der Waals surface area contributed by atoms with E-state index in [9.17, 15) is 24.0 Å². The quantitative estimate of drug-likeness (QED) is 0.0680. The van der Waals surface area contributed by atoms with Crippen molar-refractivity contribution in [1.82, 2.24) is 21.3 Å². The van der Waals surface area contributed by atoms with Crippen LogP contribution in [0.1, 0.15) is 24.8 Å². The first-order chi connectivity index (χ1) is 16.5. The van der Waals surface area contributed by atoms with Crippen LogP contribution in [0.5, 0.6) is 0 Å². The van der Waals surface area contributed by atoms with Gasteiger partial charge < -0.3 is 43.6 Å². The molecule has 3 atom stereocenters. The third-order valence-electron chi connectivity index (χ3n) is 4.71. The number of carbonyl (C=O) groups excluding carboxylic acids is 4. The first kappa shape index (κ1) is 28.8. The summed E-state index contributed by atoms with van der Waals surface area (Å²) in [5.74, 6) is -4.80. The molecule has 14 heteroatoms. The lowest BCUT2D eigenvalue weighted by molar-refractivity contribution is -0.138. The van der Waals surface area contributed by atoms with Gasteiger partial charge in [0, 0.05) is 6.54 Å². The number of rotatable bonds is 15. The molecule has 0 radical (unpaired) electrons. The lowest BCUT2D eigenvalue weighted by atomic mass is 10.0. The number of carbonyl (C=O) groups is 5. The minimum atomic E-state index is -1.41. The van der Waals surface area contributed by atoms with E-state index < -0.39 is 60.7 Å². The number of amides is 4. The molecule has 1 rings (SSSR count). The maximum Gasteiger partial charge on any atom is 0.322 e. The Balaban J connectivity index is 2.87. The molecule has 0 aliphatic rings. The first-order valence-electron chi connectivity index (χ1n) is 10.8. The van der Waals surface area contributed by atoms with Gasteiger partial charge in [-0.15, -0.1) is 0 Å². The lowest BCUT2D eigenvalue weighted by Gasteiger charge is -2.23. The van der Waals surface area contributed by atoms with Crippen molar-refractivity contribution >= 4 is 35.6 Å². The molecule has 0 bridgehead atoms. The van der Waals surface area contributed by atoms with Crippen LogP contribution in [0.25, 0.3) is 0 Å². The molecule has 0 unspecified atom stereocenters. The van der Waals surface area contributed by atoms with Crippen molar-refractivity contribution in [3.8, 4) is 0 Å². The zero-order valence-electron chi connectivity index (χ0n) is 19.1. The van der Waals surface area contributed by atoms with Gasteiger partial charge in [0.1, 0.15) is 18.6 Å². The first-order valence-corrected chi connectivity index (χ1v) is 10.8. The van der Waals surface area contributed by atoms with E-state index in [0.29, 0.717) is 0 Å². The molecule has 1 aromatic rings. The van der Waals surface area contributed by atoms with Gasteiger partial charge in [-0.25, -0.2) is 0 Å². The van der Waals surface area contributed by atoms with Crippen LogP contribution in [0.4, 0.5) is 0 Å². The Morgan fingerprint density at radius 1 is 0.914 bits per heavy atom. The molecule has 0 aliphatic carbocycles. The van der Waals surface area contributed by atoms with Gasteiger partial charge in [-0.05, 0) is 24.8 Å². The Morgan fingerprint density at radius 2 is 1.54 bits per heavy atom. The fourth-order valence-electron chi connectivity index (χ4n) is 3.01. The Morgan fingerprint density at radius 3 is 2.11 bits per heavy atom. The fraction of sp³-hybridized carbons (Fsp3) is 0.429. The van der Waals surface area contributed by atoms with Gasteiger partial charge in [0.15, 0.2) is 5.96 Å². The highest BCUT2D eigenvalue weighted by molar-refractivity contribution is 5.95. The number of guanidine groups is 1. The van der Waals surface area contributed by atoms with E-state index in [4.69, 9.17) is 27.7 Å². The Hall–Kier alpha value is -4.20. The SMILES string of the molecule is N=C(N)NCCC[C@H](NC(=O)[C@H](CC(N)=O)NC(=O)[C@@H](N)Cc1ccccc1)C(=O)NCC(=O)O. The molecule has 0 saturated heterocycles. The largest absolute Gasteiger partial charge is 0.480 e. The highest BCUT2D eigenvalue weighted by atomic mass is 16.4. The smallest absolute Gasteiger partial charge is 0.322 e. The van der Waals surface area contributed by atoms with E-state index in [1.54, 1.807) is 24.3 Å².